The lowest BCUT2D eigenvalue weighted by atomic mass is 10.0. The number of carbonyl (C=O) groups is 2. The largest absolute Gasteiger partial charge is 0.466 e. The Hall–Kier alpha value is -1.40. The molecule has 0 aromatic carbocycles. The van der Waals surface area contributed by atoms with Gasteiger partial charge in [0.05, 0.1) is 25.4 Å². The highest BCUT2D eigenvalue weighted by Crippen LogP contribution is 2.19. The van der Waals surface area contributed by atoms with E-state index in [0.717, 1.165) is 38.5 Å². The van der Waals surface area contributed by atoms with Gasteiger partial charge in [0, 0.05) is 12.8 Å². The van der Waals surface area contributed by atoms with Crippen molar-refractivity contribution < 1.29 is 24.5 Å². The number of allylic oxidation sites excluding steroid dienone is 2. The first-order chi connectivity index (χ1) is 38.0. The Morgan fingerprint density at radius 3 is 0.922 bits per heavy atom. The molecule has 2 unspecified atom stereocenters. The fraction of sp³-hybridized carbons (Fsp3) is 0.944. The van der Waals surface area contributed by atoms with Gasteiger partial charge in [-0.15, -0.1) is 0 Å². The van der Waals surface area contributed by atoms with E-state index in [0.29, 0.717) is 25.9 Å². The van der Waals surface area contributed by atoms with E-state index >= 15 is 0 Å². The van der Waals surface area contributed by atoms with Crippen LogP contribution in [0.1, 0.15) is 406 Å². The van der Waals surface area contributed by atoms with Crippen molar-refractivity contribution in [3.8, 4) is 0 Å². The molecule has 0 saturated carbocycles. The summed E-state index contributed by atoms with van der Waals surface area (Å²) in [5.41, 5.74) is 0. The SMILES string of the molecule is CCCCCCCCCCCCCCCCCCCCC(O)C(CO)NC(=O)CCCCCCCCCCCCCCCC/C=C\CCCCCCCCCCCCCCOC(=O)CCCCCCCCCCCCCC. The van der Waals surface area contributed by atoms with E-state index < -0.39 is 12.1 Å². The average Bonchev–Trinajstić information content (AvgIpc) is 3.43. The van der Waals surface area contributed by atoms with E-state index in [1.165, 1.54) is 334 Å². The van der Waals surface area contributed by atoms with Gasteiger partial charge in [0.1, 0.15) is 0 Å². The summed E-state index contributed by atoms with van der Waals surface area (Å²) < 4.78 is 5.48. The van der Waals surface area contributed by atoms with Gasteiger partial charge < -0.3 is 20.3 Å². The summed E-state index contributed by atoms with van der Waals surface area (Å²) in [5.74, 6) is -0.0105. The Morgan fingerprint density at radius 1 is 0.351 bits per heavy atom. The zero-order valence-electron chi connectivity index (χ0n) is 52.5. The van der Waals surface area contributed by atoms with Crippen LogP contribution in [0.2, 0.25) is 0 Å². The van der Waals surface area contributed by atoms with E-state index in [4.69, 9.17) is 4.74 Å². The molecule has 0 spiro atoms. The minimum Gasteiger partial charge on any atom is -0.466 e. The molecule has 2 atom stereocenters. The zero-order chi connectivity index (χ0) is 55.7. The van der Waals surface area contributed by atoms with E-state index in [9.17, 15) is 19.8 Å². The van der Waals surface area contributed by atoms with Gasteiger partial charge in [0.25, 0.3) is 0 Å². The molecule has 6 nitrogen and oxygen atoms in total. The van der Waals surface area contributed by atoms with E-state index in [2.05, 4.69) is 31.3 Å². The molecule has 1 amide bonds. The van der Waals surface area contributed by atoms with Gasteiger partial charge in [0.2, 0.25) is 5.91 Å². The molecule has 0 fully saturated rings. The molecule has 0 saturated heterocycles. The Labute approximate surface area is 482 Å². The zero-order valence-corrected chi connectivity index (χ0v) is 52.5. The van der Waals surface area contributed by atoms with Crippen molar-refractivity contribution in [1.82, 2.24) is 5.32 Å². The van der Waals surface area contributed by atoms with Crippen molar-refractivity contribution in [3.05, 3.63) is 12.2 Å². The molecule has 458 valence electrons. The van der Waals surface area contributed by atoms with Gasteiger partial charge in [-0.2, -0.15) is 0 Å². The molecule has 6 heteroatoms. The molecule has 3 N–H and O–H groups in total. The van der Waals surface area contributed by atoms with Gasteiger partial charge in [-0.05, 0) is 51.4 Å². The molecule has 0 aliphatic carbocycles. The lowest BCUT2D eigenvalue weighted by molar-refractivity contribution is -0.143. The van der Waals surface area contributed by atoms with Crippen molar-refractivity contribution in [3.63, 3.8) is 0 Å². The van der Waals surface area contributed by atoms with Crippen molar-refractivity contribution in [2.45, 2.75) is 418 Å². The Bertz CT molecular complexity index is 1160. The highest BCUT2D eigenvalue weighted by molar-refractivity contribution is 5.76. The van der Waals surface area contributed by atoms with Gasteiger partial charge in [-0.3, -0.25) is 9.59 Å². The van der Waals surface area contributed by atoms with Crippen molar-refractivity contribution in [2.75, 3.05) is 13.2 Å². The van der Waals surface area contributed by atoms with Crippen LogP contribution in [0.15, 0.2) is 12.2 Å². The molecule has 0 bridgehead atoms. The number of amides is 1. The fourth-order valence-electron chi connectivity index (χ4n) is 11.4. The Kier molecular flexibility index (Phi) is 65.9. The first-order valence-corrected chi connectivity index (χ1v) is 35.4. The topological polar surface area (TPSA) is 95.9 Å². The van der Waals surface area contributed by atoms with Crippen LogP contribution in [0, 0.1) is 0 Å². The second-order valence-corrected chi connectivity index (χ2v) is 24.6. The van der Waals surface area contributed by atoms with Crippen LogP contribution in [-0.2, 0) is 14.3 Å². The van der Waals surface area contributed by atoms with Crippen molar-refractivity contribution >= 4 is 11.9 Å². The lowest BCUT2D eigenvalue weighted by Gasteiger charge is -2.22. The molecule has 0 radical (unpaired) electrons. The predicted octanol–water partition coefficient (Wildman–Crippen LogP) is 22.8. The minimum absolute atomic E-state index is 0.0187. The van der Waals surface area contributed by atoms with Gasteiger partial charge in [-0.25, -0.2) is 0 Å². The van der Waals surface area contributed by atoms with E-state index in [1.807, 2.05) is 0 Å². The Balaban J connectivity index is 3.36. The average molecular weight is 1090 g/mol. The first kappa shape index (κ1) is 75.6. The van der Waals surface area contributed by atoms with Crippen LogP contribution in [0.4, 0.5) is 0 Å². The number of aliphatic hydroxyl groups excluding tert-OH is 2. The number of aliphatic hydroxyl groups is 2. The maximum absolute atomic E-state index is 12.5. The minimum atomic E-state index is -0.663. The second-order valence-electron chi connectivity index (χ2n) is 24.6. The first-order valence-electron chi connectivity index (χ1n) is 35.4. The normalized spacial score (nSPS) is 12.5. The third-order valence-electron chi connectivity index (χ3n) is 16.8. The summed E-state index contributed by atoms with van der Waals surface area (Å²) in [4.78, 5) is 24.6. The highest BCUT2D eigenvalue weighted by Gasteiger charge is 2.20. The number of ether oxygens (including phenoxy) is 1. The van der Waals surface area contributed by atoms with Crippen LogP contribution in [0.25, 0.3) is 0 Å². The summed E-state index contributed by atoms with van der Waals surface area (Å²) >= 11 is 0. The molecule has 0 aliphatic rings. The van der Waals surface area contributed by atoms with Gasteiger partial charge >= 0.3 is 5.97 Å². The number of unbranched alkanes of at least 4 members (excludes halogenated alkanes) is 54. The number of hydrogen-bond donors (Lipinski definition) is 3. The Morgan fingerprint density at radius 2 is 0.610 bits per heavy atom. The number of nitrogens with one attached hydrogen (secondary N) is 1. The molecule has 0 aromatic heterocycles. The quantitative estimate of drug-likeness (QED) is 0.0320. The summed E-state index contributed by atoms with van der Waals surface area (Å²) in [5, 5.41) is 23.4. The number of carbonyl (C=O) groups excluding carboxylic acids is 2. The summed E-state index contributed by atoms with van der Waals surface area (Å²) in [6.45, 7) is 4.99. The van der Waals surface area contributed by atoms with Crippen molar-refractivity contribution in [1.29, 1.82) is 0 Å². The van der Waals surface area contributed by atoms with Crippen LogP contribution < -0.4 is 5.32 Å². The molecule has 0 aliphatic heterocycles. The lowest BCUT2D eigenvalue weighted by Crippen LogP contribution is -2.45. The third kappa shape index (κ3) is 63.6. The van der Waals surface area contributed by atoms with Gasteiger partial charge in [0.15, 0.2) is 0 Å². The summed E-state index contributed by atoms with van der Waals surface area (Å²) in [6.07, 6.45) is 82.6. The number of esters is 1. The van der Waals surface area contributed by atoms with E-state index in [-0.39, 0.29) is 18.5 Å². The molecule has 0 heterocycles. The molecule has 0 rings (SSSR count). The number of hydrogen-bond acceptors (Lipinski definition) is 5. The predicted molar refractivity (Wildman–Crippen MR) is 338 cm³/mol. The maximum atomic E-state index is 12.5. The van der Waals surface area contributed by atoms with Gasteiger partial charge in [-0.1, -0.05) is 353 Å². The van der Waals surface area contributed by atoms with Crippen LogP contribution in [0.5, 0.6) is 0 Å². The summed E-state index contributed by atoms with van der Waals surface area (Å²) in [6, 6.07) is -0.540. The molecule has 77 heavy (non-hydrogen) atoms. The maximum Gasteiger partial charge on any atom is 0.305 e. The smallest absolute Gasteiger partial charge is 0.305 e. The molecular formula is C71H139NO5. The molecular weight excluding hydrogens is 947 g/mol. The standard InChI is InChI=1S/C71H139NO5/c1-3-5-7-9-11-13-15-17-18-19-34-37-40-43-47-51-55-59-63-69(74)68(67-73)72-70(75)64-60-56-52-48-44-41-38-35-32-30-28-26-24-22-20-21-23-25-27-29-31-33-36-39-42-46-50-54-58-62-66-77-71(76)65-61-57-53-49-45-16-14-12-10-8-6-4-2/h21,23,68-69,73-74H,3-20,22,24-67H2,1-2H3,(H,72,75)/b23-21-. The third-order valence-corrected chi connectivity index (χ3v) is 16.8. The molecule has 0 aromatic rings. The number of rotatable bonds is 67. The summed E-state index contributed by atoms with van der Waals surface area (Å²) in [7, 11) is 0. The van der Waals surface area contributed by atoms with Crippen molar-refractivity contribution in [2.24, 2.45) is 0 Å². The van der Waals surface area contributed by atoms with E-state index in [1.54, 1.807) is 0 Å². The monoisotopic (exact) mass is 1090 g/mol. The van der Waals surface area contributed by atoms with Crippen LogP contribution in [0.3, 0.4) is 0 Å². The highest BCUT2D eigenvalue weighted by atomic mass is 16.5. The van der Waals surface area contributed by atoms with Crippen LogP contribution >= 0.6 is 0 Å². The van der Waals surface area contributed by atoms with Crippen LogP contribution in [-0.4, -0.2) is 47.4 Å². The fourth-order valence-corrected chi connectivity index (χ4v) is 11.4. The second kappa shape index (κ2) is 67.1.